The Hall–Kier alpha value is -2.24. The number of alkyl halides is 2. The number of benzene rings is 1. The van der Waals surface area contributed by atoms with E-state index in [0.717, 1.165) is 5.56 Å². The molecule has 0 aliphatic rings. The van der Waals surface area contributed by atoms with Gasteiger partial charge < -0.3 is 9.47 Å². The first kappa shape index (κ1) is 15.8. The third-order valence-electron chi connectivity index (χ3n) is 2.48. The van der Waals surface area contributed by atoms with Gasteiger partial charge in [-0.05, 0) is 30.7 Å². The van der Waals surface area contributed by atoms with E-state index in [9.17, 15) is 8.78 Å². The lowest BCUT2D eigenvalue weighted by molar-refractivity contribution is -0.126. The summed E-state index contributed by atoms with van der Waals surface area (Å²) in [6.07, 6.45) is -1.31. The van der Waals surface area contributed by atoms with E-state index in [1.54, 1.807) is 0 Å². The van der Waals surface area contributed by atoms with Gasteiger partial charge in [0.1, 0.15) is 11.3 Å². The number of aryl methyl sites for hydroxylation is 1. The van der Waals surface area contributed by atoms with Crippen LogP contribution in [-0.4, -0.2) is 25.7 Å². The van der Waals surface area contributed by atoms with Crippen molar-refractivity contribution in [2.24, 2.45) is 0 Å². The zero-order chi connectivity index (χ0) is 15.1. The number of aromatic nitrogens is 1. The Bertz CT molecular complexity index is 588. The second-order valence-electron chi connectivity index (χ2n) is 3.94. The summed E-state index contributed by atoms with van der Waals surface area (Å²) in [7, 11) is 2.85. The van der Waals surface area contributed by atoms with Crippen LogP contribution < -0.4 is 4.74 Å². The number of fused-ring (bicyclic) bond motifs is 1. The van der Waals surface area contributed by atoms with Gasteiger partial charge in [-0.2, -0.15) is 0 Å². The monoisotopic (exact) mass is 283 g/mol. The minimum atomic E-state index is -2.50. The molecule has 0 fully saturated rings. The highest BCUT2D eigenvalue weighted by Crippen LogP contribution is 2.28. The third kappa shape index (κ3) is 3.88. The van der Waals surface area contributed by atoms with E-state index in [2.05, 4.69) is 9.72 Å². The molecule has 0 radical (unpaired) electrons. The fraction of sp³-hybridized carbons (Fsp3) is 0.286. The van der Waals surface area contributed by atoms with Gasteiger partial charge in [-0.3, -0.25) is 9.78 Å². The van der Waals surface area contributed by atoms with E-state index in [1.165, 1.54) is 26.5 Å². The van der Waals surface area contributed by atoms with E-state index < -0.39 is 6.43 Å². The van der Waals surface area contributed by atoms with E-state index >= 15 is 0 Å². The number of carbonyl (C=O) groups excluding carboxylic acids is 1. The third-order valence-corrected chi connectivity index (χ3v) is 2.48. The lowest BCUT2D eigenvalue weighted by atomic mass is 10.1. The quantitative estimate of drug-likeness (QED) is 0.811. The molecule has 2 rings (SSSR count). The molecule has 0 saturated heterocycles. The van der Waals surface area contributed by atoms with Gasteiger partial charge in [-0.1, -0.05) is 0 Å². The first-order chi connectivity index (χ1) is 9.53. The SMILES string of the molecule is COC=O.COc1cc(C)cc2cc(C(F)F)cnc12. The second-order valence-corrected chi connectivity index (χ2v) is 3.94. The number of hydrogen-bond acceptors (Lipinski definition) is 4. The Kier molecular flexibility index (Phi) is 5.83. The molecule has 0 N–H and O–H groups in total. The summed E-state index contributed by atoms with van der Waals surface area (Å²) in [5.41, 5.74) is 1.50. The molecule has 0 aliphatic carbocycles. The van der Waals surface area contributed by atoms with Gasteiger partial charge in [0, 0.05) is 17.1 Å². The number of pyridine rings is 1. The topological polar surface area (TPSA) is 48.4 Å². The molecule has 2 aromatic rings. The van der Waals surface area contributed by atoms with E-state index in [0.29, 0.717) is 23.1 Å². The van der Waals surface area contributed by atoms with Crippen LogP contribution in [0.4, 0.5) is 8.78 Å². The van der Waals surface area contributed by atoms with Gasteiger partial charge >= 0.3 is 0 Å². The van der Waals surface area contributed by atoms with Crippen LogP contribution in [0.5, 0.6) is 5.75 Å². The number of halogens is 2. The maximum atomic E-state index is 12.5. The fourth-order valence-corrected chi connectivity index (χ4v) is 1.65. The number of methoxy groups -OCH3 is 2. The largest absolute Gasteiger partial charge is 0.494 e. The fourth-order valence-electron chi connectivity index (χ4n) is 1.65. The minimum absolute atomic E-state index is 0.0693. The Balaban J connectivity index is 0.000000444. The van der Waals surface area contributed by atoms with Crippen LogP contribution in [0.25, 0.3) is 10.9 Å². The smallest absolute Gasteiger partial charge is 0.292 e. The highest BCUT2D eigenvalue weighted by Gasteiger charge is 2.10. The highest BCUT2D eigenvalue weighted by atomic mass is 19.3. The maximum Gasteiger partial charge on any atom is 0.292 e. The van der Waals surface area contributed by atoms with Crippen molar-refractivity contribution < 1.29 is 23.0 Å². The van der Waals surface area contributed by atoms with Gasteiger partial charge in [0.25, 0.3) is 12.9 Å². The molecule has 0 amide bonds. The first-order valence-corrected chi connectivity index (χ1v) is 5.72. The molecule has 0 unspecified atom stereocenters. The van der Waals surface area contributed by atoms with Crippen LogP contribution in [0.1, 0.15) is 17.6 Å². The summed E-state index contributed by atoms with van der Waals surface area (Å²) in [4.78, 5) is 13.0. The lowest BCUT2D eigenvalue weighted by Gasteiger charge is -2.07. The molecular weight excluding hydrogens is 268 g/mol. The van der Waals surface area contributed by atoms with Crippen LogP contribution in [0.15, 0.2) is 24.4 Å². The molecule has 1 aromatic carbocycles. The van der Waals surface area contributed by atoms with Crippen LogP contribution in [0, 0.1) is 6.92 Å². The van der Waals surface area contributed by atoms with Crippen molar-refractivity contribution in [1.82, 2.24) is 4.98 Å². The van der Waals surface area contributed by atoms with Gasteiger partial charge in [-0.25, -0.2) is 8.78 Å². The molecule has 4 nitrogen and oxygen atoms in total. The molecule has 6 heteroatoms. The standard InChI is InChI=1S/C12H11F2NO.C2H4O2/c1-7-3-8-5-9(12(13)14)6-15-11(8)10(4-7)16-2;1-4-2-3/h3-6,12H,1-2H3;2H,1H3. The van der Waals surface area contributed by atoms with Gasteiger partial charge in [0.2, 0.25) is 0 Å². The average Bonchev–Trinajstić information content (AvgIpc) is 2.45. The van der Waals surface area contributed by atoms with Gasteiger partial charge in [0.05, 0.1) is 14.2 Å². The van der Waals surface area contributed by atoms with E-state index in [4.69, 9.17) is 9.53 Å². The van der Waals surface area contributed by atoms with Crippen LogP contribution in [-0.2, 0) is 9.53 Å². The molecule has 0 atom stereocenters. The summed E-state index contributed by atoms with van der Waals surface area (Å²) in [5.74, 6) is 0.607. The Morgan fingerprint density at radius 1 is 1.25 bits per heavy atom. The molecule has 0 saturated carbocycles. The Labute approximate surface area is 115 Å². The minimum Gasteiger partial charge on any atom is -0.494 e. The number of nitrogens with zero attached hydrogens (tertiary/aromatic N) is 1. The molecule has 108 valence electrons. The average molecular weight is 283 g/mol. The number of rotatable bonds is 3. The zero-order valence-corrected chi connectivity index (χ0v) is 11.4. The molecule has 20 heavy (non-hydrogen) atoms. The van der Waals surface area contributed by atoms with Gasteiger partial charge in [0.15, 0.2) is 0 Å². The number of ether oxygens (including phenoxy) is 2. The summed E-state index contributed by atoms with van der Waals surface area (Å²) in [6, 6.07) is 5.09. The molecule has 0 bridgehead atoms. The van der Waals surface area contributed by atoms with Crippen LogP contribution in [0.2, 0.25) is 0 Å². The van der Waals surface area contributed by atoms with Crippen LogP contribution in [0.3, 0.4) is 0 Å². The van der Waals surface area contributed by atoms with Crippen molar-refractivity contribution >= 4 is 17.4 Å². The number of hydrogen-bond donors (Lipinski definition) is 0. The van der Waals surface area contributed by atoms with Crippen molar-refractivity contribution in [2.45, 2.75) is 13.3 Å². The van der Waals surface area contributed by atoms with Crippen molar-refractivity contribution in [3.63, 3.8) is 0 Å². The summed E-state index contributed by atoms with van der Waals surface area (Å²) in [6.45, 7) is 2.26. The van der Waals surface area contributed by atoms with Crippen molar-refractivity contribution in [2.75, 3.05) is 14.2 Å². The van der Waals surface area contributed by atoms with E-state index in [1.807, 2.05) is 19.1 Å². The first-order valence-electron chi connectivity index (χ1n) is 5.72. The molecular formula is C14H15F2NO3. The maximum absolute atomic E-state index is 12.5. The van der Waals surface area contributed by atoms with Crippen molar-refractivity contribution in [1.29, 1.82) is 0 Å². The normalized spacial score (nSPS) is 9.90. The zero-order valence-electron chi connectivity index (χ0n) is 11.4. The molecule has 0 aliphatic heterocycles. The van der Waals surface area contributed by atoms with Crippen molar-refractivity contribution in [3.05, 3.63) is 35.5 Å². The predicted molar refractivity (Wildman–Crippen MR) is 71.1 cm³/mol. The van der Waals surface area contributed by atoms with Gasteiger partial charge in [-0.15, -0.1) is 0 Å². The molecule has 0 spiro atoms. The summed E-state index contributed by atoms with van der Waals surface area (Å²) >= 11 is 0. The lowest BCUT2D eigenvalue weighted by Crippen LogP contribution is -1.92. The van der Waals surface area contributed by atoms with Crippen molar-refractivity contribution in [3.8, 4) is 5.75 Å². The number of carbonyl (C=O) groups is 1. The Morgan fingerprint density at radius 2 is 1.90 bits per heavy atom. The highest BCUT2D eigenvalue weighted by molar-refractivity contribution is 5.85. The predicted octanol–water partition coefficient (Wildman–Crippen LogP) is 3.28. The summed E-state index contributed by atoms with van der Waals surface area (Å²) < 4.78 is 34.0. The van der Waals surface area contributed by atoms with Crippen LogP contribution >= 0.6 is 0 Å². The molecule has 1 aromatic heterocycles. The Morgan fingerprint density at radius 3 is 2.40 bits per heavy atom. The van der Waals surface area contributed by atoms with E-state index in [-0.39, 0.29) is 5.56 Å². The molecule has 1 heterocycles. The summed E-state index contributed by atoms with van der Waals surface area (Å²) in [5, 5.41) is 0.676. The second kappa shape index (κ2) is 7.37.